The minimum atomic E-state index is -0.228. The van der Waals surface area contributed by atoms with Crippen LogP contribution in [0, 0.1) is 0 Å². The van der Waals surface area contributed by atoms with E-state index in [4.69, 9.17) is 9.47 Å². The molecule has 6 heteroatoms. The van der Waals surface area contributed by atoms with Gasteiger partial charge < -0.3 is 19.4 Å². The highest BCUT2D eigenvalue weighted by Gasteiger charge is 2.16. The van der Waals surface area contributed by atoms with Crippen LogP contribution in [0.2, 0.25) is 0 Å². The van der Waals surface area contributed by atoms with Gasteiger partial charge in [0, 0.05) is 18.4 Å². The van der Waals surface area contributed by atoms with Crippen LogP contribution in [-0.2, 0) is 6.54 Å². The van der Waals surface area contributed by atoms with Gasteiger partial charge in [0.2, 0.25) is 0 Å². The third kappa shape index (κ3) is 3.21. The van der Waals surface area contributed by atoms with Gasteiger partial charge in [-0.1, -0.05) is 6.07 Å². The minimum absolute atomic E-state index is 0.228. The molecule has 0 atom stereocenters. The molecule has 0 spiro atoms. The molecular formula is C16H21N3O3. The Morgan fingerprint density at radius 2 is 2.09 bits per heavy atom. The summed E-state index contributed by atoms with van der Waals surface area (Å²) in [6.45, 7) is 4.49. The molecule has 1 aromatic carbocycles. The zero-order valence-corrected chi connectivity index (χ0v) is 13.3. The number of nitrogens with one attached hydrogen (secondary N) is 1. The van der Waals surface area contributed by atoms with Gasteiger partial charge in [-0.05, 0) is 26.0 Å². The van der Waals surface area contributed by atoms with Crippen molar-refractivity contribution in [3.63, 3.8) is 0 Å². The Bertz CT molecular complexity index is 650. The topological polar surface area (TPSA) is 65.4 Å². The number of amides is 1. The maximum Gasteiger partial charge on any atom is 0.255 e. The van der Waals surface area contributed by atoms with Crippen LogP contribution >= 0.6 is 0 Å². The summed E-state index contributed by atoms with van der Waals surface area (Å²) in [5.74, 6) is 1.54. The molecule has 0 radical (unpaired) electrons. The van der Waals surface area contributed by atoms with Crippen molar-refractivity contribution in [2.75, 3.05) is 14.2 Å². The summed E-state index contributed by atoms with van der Waals surface area (Å²) in [7, 11) is 3.05. The molecular weight excluding hydrogens is 282 g/mol. The third-order valence-corrected chi connectivity index (χ3v) is 3.36. The Balaban J connectivity index is 2.14. The molecule has 0 aliphatic carbocycles. The number of benzene rings is 1. The highest BCUT2D eigenvalue weighted by atomic mass is 16.5. The Morgan fingerprint density at radius 1 is 1.32 bits per heavy atom. The predicted molar refractivity (Wildman–Crippen MR) is 83.3 cm³/mol. The van der Waals surface area contributed by atoms with Crippen LogP contribution in [-0.4, -0.2) is 29.7 Å². The van der Waals surface area contributed by atoms with E-state index in [0.29, 0.717) is 29.6 Å². The Morgan fingerprint density at radius 3 is 2.73 bits per heavy atom. The summed E-state index contributed by atoms with van der Waals surface area (Å²) >= 11 is 0. The number of para-hydroxylation sites is 1. The molecule has 0 bridgehead atoms. The van der Waals surface area contributed by atoms with Crippen molar-refractivity contribution in [3.05, 3.63) is 42.0 Å². The lowest BCUT2D eigenvalue weighted by Gasteiger charge is -2.14. The molecule has 2 rings (SSSR count). The van der Waals surface area contributed by atoms with Crippen LogP contribution in [0.1, 0.15) is 36.1 Å². The second kappa shape index (κ2) is 6.98. The summed E-state index contributed by atoms with van der Waals surface area (Å²) < 4.78 is 12.5. The molecule has 0 unspecified atom stereocenters. The first-order valence-electron chi connectivity index (χ1n) is 7.09. The van der Waals surface area contributed by atoms with Crippen molar-refractivity contribution in [2.24, 2.45) is 0 Å². The van der Waals surface area contributed by atoms with Gasteiger partial charge in [0.05, 0.1) is 26.3 Å². The van der Waals surface area contributed by atoms with Crippen molar-refractivity contribution in [2.45, 2.75) is 26.4 Å². The lowest BCUT2D eigenvalue weighted by molar-refractivity contribution is 0.0945. The molecule has 1 aromatic heterocycles. The average molecular weight is 303 g/mol. The second-order valence-electron chi connectivity index (χ2n) is 5.07. The van der Waals surface area contributed by atoms with Crippen LogP contribution in [0.5, 0.6) is 11.5 Å². The molecule has 1 heterocycles. The van der Waals surface area contributed by atoms with E-state index in [0.717, 1.165) is 5.82 Å². The molecule has 0 saturated heterocycles. The van der Waals surface area contributed by atoms with Crippen molar-refractivity contribution >= 4 is 5.91 Å². The molecule has 1 amide bonds. The van der Waals surface area contributed by atoms with Crippen LogP contribution in [0.25, 0.3) is 0 Å². The Kier molecular flexibility index (Phi) is 5.04. The van der Waals surface area contributed by atoms with E-state index < -0.39 is 0 Å². The van der Waals surface area contributed by atoms with Crippen LogP contribution in [0.4, 0.5) is 0 Å². The van der Waals surface area contributed by atoms with Gasteiger partial charge in [0.25, 0.3) is 5.91 Å². The molecule has 6 nitrogen and oxygen atoms in total. The van der Waals surface area contributed by atoms with E-state index in [1.54, 1.807) is 31.5 Å². The van der Waals surface area contributed by atoms with Gasteiger partial charge in [-0.25, -0.2) is 4.98 Å². The smallest absolute Gasteiger partial charge is 0.255 e. The van der Waals surface area contributed by atoms with Gasteiger partial charge in [-0.3, -0.25) is 4.79 Å². The molecule has 22 heavy (non-hydrogen) atoms. The van der Waals surface area contributed by atoms with Crippen molar-refractivity contribution in [3.8, 4) is 11.5 Å². The monoisotopic (exact) mass is 303 g/mol. The maximum atomic E-state index is 12.4. The van der Waals surface area contributed by atoms with Crippen LogP contribution < -0.4 is 14.8 Å². The maximum absolute atomic E-state index is 12.4. The fourth-order valence-electron chi connectivity index (χ4n) is 2.27. The number of methoxy groups -OCH3 is 2. The van der Waals surface area contributed by atoms with Gasteiger partial charge in [0.15, 0.2) is 11.5 Å². The number of carbonyl (C=O) groups is 1. The summed E-state index contributed by atoms with van der Waals surface area (Å²) in [4.78, 5) is 16.7. The normalized spacial score (nSPS) is 10.6. The lowest BCUT2D eigenvalue weighted by Crippen LogP contribution is -2.25. The molecule has 0 aliphatic heterocycles. The summed E-state index contributed by atoms with van der Waals surface area (Å²) in [5, 5.41) is 2.86. The van der Waals surface area contributed by atoms with E-state index in [9.17, 15) is 4.79 Å². The molecule has 118 valence electrons. The number of nitrogens with zero attached hydrogens (tertiary/aromatic N) is 2. The number of ether oxygens (including phenoxy) is 2. The first kappa shape index (κ1) is 15.9. The SMILES string of the molecule is COc1cccc(C(=O)NCc2nccn2C(C)C)c1OC. The van der Waals surface area contributed by atoms with E-state index in [1.165, 1.54) is 7.11 Å². The van der Waals surface area contributed by atoms with E-state index in [2.05, 4.69) is 24.1 Å². The molecule has 0 fully saturated rings. The molecule has 0 aliphatic rings. The van der Waals surface area contributed by atoms with Gasteiger partial charge >= 0.3 is 0 Å². The number of imidazole rings is 1. The number of rotatable bonds is 6. The zero-order chi connectivity index (χ0) is 16.1. The number of hydrogen-bond acceptors (Lipinski definition) is 4. The van der Waals surface area contributed by atoms with Crippen molar-refractivity contribution < 1.29 is 14.3 Å². The second-order valence-corrected chi connectivity index (χ2v) is 5.07. The molecule has 2 aromatic rings. The minimum Gasteiger partial charge on any atom is -0.493 e. The largest absolute Gasteiger partial charge is 0.493 e. The Hall–Kier alpha value is -2.50. The van der Waals surface area contributed by atoms with Gasteiger partial charge in [-0.15, -0.1) is 0 Å². The third-order valence-electron chi connectivity index (χ3n) is 3.36. The van der Waals surface area contributed by atoms with E-state index >= 15 is 0 Å². The summed E-state index contributed by atoms with van der Waals surface area (Å²) in [6, 6.07) is 5.50. The molecule has 0 saturated carbocycles. The van der Waals surface area contributed by atoms with Gasteiger partial charge in [0.1, 0.15) is 5.82 Å². The van der Waals surface area contributed by atoms with Crippen LogP contribution in [0.15, 0.2) is 30.6 Å². The predicted octanol–water partition coefficient (Wildman–Crippen LogP) is 2.41. The zero-order valence-electron chi connectivity index (χ0n) is 13.3. The first-order chi connectivity index (χ1) is 10.6. The standard InChI is InChI=1S/C16H21N3O3/c1-11(2)19-9-8-17-14(19)10-18-16(20)12-6-5-7-13(21-3)15(12)22-4/h5-9,11H,10H2,1-4H3,(H,18,20). The van der Waals surface area contributed by atoms with Gasteiger partial charge in [-0.2, -0.15) is 0 Å². The fraction of sp³-hybridized carbons (Fsp3) is 0.375. The van der Waals surface area contributed by atoms with Crippen molar-refractivity contribution in [1.29, 1.82) is 0 Å². The number of carbonyl (C=O) groups excluding carboxylic acids is 1. The summed E-state index contributed by atoms with van der Waals surface area (Å²) in [5.41, 5.74) is 0.435. The van der Waals surface area contributed by atoms with E-state index in [-0.39, 0.29) is 5.91 Å². The van der Waals surface area contributed by atoms with E-state index in [1.807, 2.05) is 10.8 Å². The van der Waals surface area contributed by atoms with Crippen LogP contribution in [0.3, 0.4) is 0 Å². The first-order valence-corrected chi connectivity index (χ1v) is 7.09. The fourth-order valence-corrected chi connectivity index (χ4v) is 2.27. The number of aromatic nitrogens is 2. The summed E-state index contributed by atoms with van der Waals surface area (Å²) in [6.07, 6.45) is 3.63. The van der Waals surface area contributed by atoms with Crippen molar-refractivity contribution in [1.82, 2.24) is 14.9 Å². The molecule has 1 N–H and O–H groups in total. The highest BCUT2D eigenvalue weighted by Crippen LogP contribution is 2.30. The average Bonchev–Trinajstić information content (AvgIpc) is 3.00. The number of hydrogen-bond donors (Lipinski definition) is 1. The lowest BCUT2D eigenvalue weighted by atomic mass is 10.1. The Labute approximate surface area is 130 Å². The highest BCUT2D eigenvalue weighted by molar-refractivity contribution is 5.97. The quantitative estimate of drug-likeness (QED) is 0.890.